The second-order valence-electron chi connectivity index (χ2n) is 10.1. The van der Waals surface area contributed by atoms with Crippen LogP contribution in [0, 0.1) is 11.8 Å². The number of nitrogens with one attached hydrogen (secondary N) is 1. The Morgan fingerprint density at radius 3 is 2.55 bits per heavy atom. The van der Waals surface area contributed by atoms with Crippen LogP contribution >= 0.6 is 0 Å². The Morgan fingerprint density at radius 1 is 0.903 bits per heavy atom. The van der Waals surface area contributed by atoms with Crippen LogP contribution in [0.3, 0.4) is 0 Å². The number of piperidine rings is 1. The van der Waals surface area contributed by atoms with Gasteiger partial charge >= 0.3 is 0 Å². The molecule has 2 aromatic rings. The van der Waals surface area contributed by atoms with Gasteiger partial charge in [-0.15, -0.1) is 0 Å². The monoisotopic (exact) mass is 417 g/mol. The fraction of sp³-hybridized carbons (Fsp3) is 0.556. The molecule has 3 saturated heterocycles. The van der Waals surface area contributed by atoms with Gasteiger partial charge in [-0.05, 0) is 86.1 Å². The molecule has 4 atom stereocenters. The highest BCUT2D eigenvalue weighted by molar-refractivity contribution is 5.38. The van der Waals surface area contributed by atoms with Gasteiger partial charge in [0.05, 0.1) is 6.04 Å². The first-order valence-electron chi connectivity index (χ1n) is 12.3. The zero-order valence-corrected chi connectivity index (χ0v) is 18.5. The summed E-state index contributed by atoms with van der Waals surface area (Å²) in [6, 6.07) is 18.3. The molecule has 164 valence electrons. The van der Waals surface area contributed by atoms with Crippen LogP contribution in [0.25, 0.3) is 0 Å². The highest BCUT2D eigenvalue weighted by atomic mass is 16.5. The van der Waals surface area contributed by atoms with Crippen LogP contribution < -0.4 is 10.1 Å². The Kier molecular flexibility index (Phi) is 5.47. The van der Waals surface area contributed by atoms with Crippen LogP contribution in [0.5, 0.6) is 5.75 Å². The zero-order chi connectivity index (χ0) is 20.6. The van der Waals surface area contributed by atoms with Gasteiger partial charge in [-0.25, -0.2) is 0 Å². The molecule has 31 heavy (non-hydrogen) atoms. The van der Waals surface area contributed by atoms with Crippen LogP contribution in [0.4, 0.5) is 0 Å². The molecule has 6 rings (SSSR count). The molecule has 4 aliphatic rings. The fourth-order valence-corrected chi connectivity index (χ4v) is 6.40. The molecule has 2 aromatic carbocycles. The molecule has 0 saturated carbocycles. The average Bonchev–Trinajstić information content (AvgIpc) is 3.49. The number of fused-ring (bicyclic) bond motifs is 2. The number of hydrogen-bond donors (Lipinski definition) is 1. The van der Waals surface area contributed by atoms with Gasteiger partial charge < -0.3 is 10.1 Å². The molecule has 0 aromatic heterocycles. The third-order valence-electron chi connectivity index (χ3n) is 8.04. The van der Waals surface area contributed by atoms with Gasteiger partial charge in [0.2, 0.25) is 0 Å². The molecule has 3 fully saturated rings. The van der Waals surface area contributed by atoms with Crippen LogP contribution in [-0.2, 0) is 13.0 Å². The lowest BCUT2D eigenvalue weighted by molar-refractivity contribution is 0.0889. The summed E-state index contributed by atoms with van der Waals surface area (Å²) >= 11 is 0. The second-order valence-corrected chi connectivity index (χ2v) is 10.1. The van der Waals surface area contributed by atoms with E-state index in [2.05, 4.69) is 63.6 Å². The van der Waals surface area contributed by atoms with Crippen molar-refractivity contribution in [1.82, 2.24) is 15.1 Å². The number of nitrogens with zero attached hydrogens (tertiary/aromatic N) is 2. The van der Waals surface area contributed by atoms with Crippen molar-refractivity contribution >= 4 is 0 Å². The molecule has 0 bridgehead atoms. The van der Waals surface area contributed by atoms with Crippen LogP contribution in [0.15, 0.2) is 48.5 Å². The van der Waals surface area contributed by atoms with Crippen molar-refractivity contribution in [1.29, 1.82) is 0 Å². The number of hydrogen-bond acceptors (Lipinski definition) is 4. The quantitative estimate of drug-likeness (QED) is 0.799. The minimum atomic E-state index is 0.133. The van der Waals surface area contributed by atoms with E-state index in [4.69, 9.17) is 4.74 Å². The maximum atomic E-state index is 6.80. The zero-order valence-electron chi connectivity index (χ0n) is 18.5. The van der Waals surface area contributed by atoms with E-state index in [0.29, 0.717) is 6.04 Å². The number of ether oxygens (including phenoxy) is 1. The van der Waals surface area contributed by atoms with E-state index in [1.54, 1.807) is 0 Å². The molecule has 0 amide bonds. The second kappa shape index (κ2) is 8.57. The SMILES string of the molecule is c1cc(CN2CCCCC2)cc(OC2c3ccccc3CC2N2C[C@H]3CNC[C@H]3C2)c1. The molecule has 0 spiro atoms. The van der Waals surface area contributed by atoms with E-state index in [1.807, 2.05) is 0 Å². The van der Waals surface area contributed by atoms with Gasteiger partial charge in [0.1, 0.15) is 11.9 Å². The maximum absolute atomic E-state index is 6.80. The minimum Gasteiger partial charge on any atom is -0.484 e. The number of likely N-dealkylation sites (tertiary alicyclic amines) is 2. The Balaban J connectivity index is 1.21. The van der Waals surface area contributed by atoms with E-state index >= 15 is 0 Å². The summed E-state index contributed by atoms with van der Waals surface area (Å²) < 4.78 is 6.80. The number of rotatable bonds is 5. The highest BCUT2D eigenvalue weighted by Gasteiger charge is 2.44. The van der Waals surface area contributed by atoms with Crippen LogP contribution in [-0.4, -0.2) is 55.1 Å². The minimum absolute atomic E-state index is 0.133. The van der Waals surface area contributed by atoms with Crippen molar-refractivity contribution in [3.63, 3.8) is 0 Å². The van der Waals surface area contributed by atoms with Crippen LogP contribution in [0.2, 0.25) is 0 Å². The van der Waals surface area contributed by atoms with Gasteiger partial charge in [0, 0.05) is 19.6 Å². The predicted molar refractivity (Wildman–Crippen MR) is 124 cm³/mol. The summed E-state index contributed by atoms with van der Waals surface area (Å²) in [5.74, 6) is 2.66. The molecule has 3 heterocycles. The summed E-state index contributed by atoms with van der Waals surface area (Å²) in [7, 11) is 0. The molecule has 4 nitrogen and oxygen atoms in total. The Labute approximate surface area is 186 Å². The first-order chi connectivity index (χ1) is 15.3. The molecule has 1 N–H and O–H groups in total. The van der Waals surface area contributed by atoms with E-state index in [0.717, 1.165) is 30.6 Å². The summed E-state index contributed by atoms with van der Waals surface area (Å²) in [6.07, 6.45) is 5.30. The Bertz CT molecular complexity index is 897. The third kappa shape index (κ3) is 4.02. The van der Waals surface area contributed by atoms with Gasteiger partial charge in [-0.2, -0.15) is 0 Å². The largest absolute Gasteiger partial charge is 0.484 e. The Morgan fingerprint density at radius 2 is 1.71 bits per heavy atom. The van der Waals surface area contributed by atoms with Crippen molar-refractivity contribution in [2.75, 3.05) is 39.3 Å². The first kappa shape index (κ1) is 19.8. The van der Waals surface area contributed by atoms with Crippen molar-refractivity contribution in [3.05, 3.63) is 65.2 Å². The lowest BCUT2D eigenvalue weighted by Gasteiger charge is -2.31. The van der Waals surface area contributed by atoms with Gasteiger partial charge in [-0.1, -0.05) is 42.8 Å². The van der Waals surface area contributed by atoms with Gasteiger partial charge in [0.15, 0.2) is 0 Å². The average molecular weight is 418 g/mol. The molecular formula is C27H35N3O. The lowest BCUT2D eigenvalue weighted by Crippen LogP contribution is -2.40. The number of benzene rings is 2. The summed E-state index contributed by atoms with van der Waals surface area (Å²) in [5.41, 5.74) is 4.24. The summed E-state index contributed by atoms with van der Waals surface area (Å²) in [6.45, 7) is 8.31. The van der Waals surface area contributed by atoms with Crippen molar-refractivity contribution in [3.8, 4) is 5.75 Å². The Hall–Kier alpha value is -1.88. The highest BCUT2D eigenvalue weighted by Crippen LogP contribution is 2.41. The molecule has 2 unspecified atom stereocenters. The van der Waals surface area contributed by atoms with Crippen molar-refractivity contribution < 1.29 is 4.74 Å². The normalized spacial score (nSPS) is 31.0. The van der Waals surface area contributed by atoms with Crippen molar-refractivity contribution in [2.45, 2.75) is 44.4 Å². The first-order valence-corrected chi connectivity index (χ1v) is 12.3. The molecule has 0 radical (unpaired) electrons. The smallest absolute Gasteiger partial charge is 0.140 e. The lowest BCUT2D eigenvalue weighted by atomic mass is 10.0. The molecular weight excluding hydrogens is 382 g/mol. The van der Waals surface area contributed by atoms with Gasteiger partial charge in [-0.3, -0.25) is 9.80 Å². The van der Waals surface area contributed by atoms with E-state index in [9.17, 15) is 0 Å². The van der Waals surface area contributed by atoms with Gasteiger partial charge in [0.25, 0.3) is 0 Å². The molecule has 3 aliphatic heterocycles. The summed E-state index contributed by atoms with van der Waals surface area (Å²) in [4.78, 5) is 5.33. The van der Waals surface area contributed by atoms with E-state index in [-0.39, 0.29) is 6.10 Å². The fourth-order valence-electron chi connectivity index (χ4n) is 6.40. The van der Waals surface area contributed by atoms with E-state index < -0.39 is 0 Å². The van der Waals surface area contributed by atoms with E-state index in [1.165, 1.54) is 75.2 Å². The summed E-state index contributed by atoms with van der Waals surface area (Å²) in [5, 5.41) is 3.58. The predicted octanol–water partition coefficient (Wildman–Crippen LogP) is 3.87. The topological polar surface area (TPSA) is 27.7 Å². The third-order valence-corrected chi connectivity index (χ3v) is 8.04. The molecule has 4 heteroatoms. The van der Waals surface area contributed by atoms with Crippen LogP contribution in [0.1, 0.15) is 42.1 Å². The molecule has 1 aliphatic carbocycles. The van der Waals surface area contributed by atoms with Crippen molar-refractivity contribution in [2.24, 2.45) is 11.8 Å². The standard InChI is InChI=1S/C27H35N3O/c1-4-11-29(12-5-1)17-20-7-6-9-24(13-20)31-27-25-10-3-2-8-21(25)14-26(27)30-18-22-15-28-16-23(22)19-30/h2-3,6-10,13,22-23,26-28H,1,4-5,11-12,14-19H2/t22-,23+,26?,27?. The maximum Gasteiger partial charge on any atom is 0.140 e.